The Bertz CT molecular complexity index is 292. The van der Waals surface area contributed by atoms with Crippen molar-refractivity contribution in [2.45, 2.75) is 26.2 Å². The molecule has 0 bridgehead atoms. The SMILES string of the molecule is CC(CC(C)c1ccccc1)C(=O)O. The summed E-state index contributed by atoms with van der Waals surface area (Å²) in [4.78, 5) is 10.7. The number of aliphatic carboxylic acids is 1. The zero-order valence-electron chi connectivity index (χ0n) is 8.60. The van der Waals surface area contributed by atoms with E-state index in [2.05, 4.69) is 6.92 Å². The van der Waals surface area contributed by atoms with Crippen molar-refractivity contribution in [3.63, 3.8) is 0 Å². The first kappa shape index (κ1) is 10.8. The van der Waals surface area contributed by atoms with Crippen molar-refractivity contribution in [3.8, 4) is 0 Å². The van der Waals surface area contributed by atoms with E-state index in [-0.39, 0.29) is 5.92 Å². The first-order valence-electron chi connectivity index (χ1n) is 4.89. The molecule has 0 aromatic heterocycles. The molecule has 0 amide bonds. The summed E-state index contributed by atoms with van der Waals surface area (Å²) in [6, 6.07) is 10.0. The second kappa shape index (κ2) is 4.80. The molecule has 1 aromatic carbocycles. The van der Waals surface area contributed by atoms with Crippen molar-refractivity contribution in [2.75, 3.05) is 0 Å². The molecule has 2 atom stereocenters. The zero-order chi connectivity index (χ0) is 10.6. The summed E-state index contributed by atoms with van der Waals surface area (Å²) in [5.41, 5.74) is 1.21. The number of hydrogen-bond acceptors (Lipinski definition) is 1. The minimum absolute atomic E-state index is 0.273. The van der Waals surface area contributed by atoms with Crippen LogP contribution in [-0.2, 0) is 4.79 Å². The topological polar surface area (TPSA) is 37.3 Å². The molecule has 0 aliphatic rings. The Labute approximate surface area is 84.6 Å². The van der Waals surface area contributed by atoms with E-state index >= 15 is 0 Å². The van der Waals surface area contributed by atoms with E-state index in [1.165, 1.54) is 5.56 Å². The van der Waals surface area contributed by atoms with Crippen LogP contribution in [0.25, 0.3) is 0 Å². The molecule has 0 spiro atoms. The average molecular weight is 192 g/mol. The second-order valence-electron chi connectivity index (χ2n) is 3.79. The number of benzene rings is 1. The van der Waals surface area contributed by atoms with Gasteiger partial charge in [-0.15, -0.1) is 0 Å². The lowest BCUT2D eigenvalue weighted by Crippen LogP contribution is -2.12. The van der Waals surface area contributed by atoms with Crippen LogP contribution in [0.15, 0.2) is 30.3 Å². The molecule has 1 rings (SSSR count). The van der Waals surface area contributed by atoms with Crippen LogP contribution in [0.3, 0.4) is 0 Å². The maximum atomic E-state index is 10.7. The third kappa shape index (κ3) is 2.87. The van der Waals surface area contributed by atoms with Crippen LogP contribution >= 0.6 is 0 Å². The van der Waals surface area contributed by atoms with Crippen molar-refractivity contribution in [3.05, 3.63) is 35.9 Å². The van der Waals surface area contributed by atoms with Gasteiger partial charge in [0, 0.05) is 0 Å². The molecule has 76 valence electrons. The summed E-state index contributed by atoms with van der Waals surface area (Å²) in [6.45, 7) is 3.82. The Morgan fingerprint density at radius 3 is 2.36 bits per heavy atom. The molecule has 0 aliphatic heterocycles. The molecule has 1 aromatic rings. The largest absolute Gasteiger partial charge is 0.481 e. The first-order valence-corrected chi connectivity index (χ1v) is 4.89. The summed E-state index contributed by atoms with van der Waals surface area (Å²) in [5.74, 6) is -0.680. The van der Waals surface area contributed by atoms with Gasteiger partial charge in [0.05, 0.1) is 5.92 Å². The molecule has 0 aliphatic carbocycles. The van der Waals surface area contributed by atoms with Gasteiger partial charge in [-0.1, -0.05) is 44.2 Å². The lowest BCUT2D eigenvalue weighted by atomic mass is 9.91. The summed E-state index contributed by atoms with van der Waals surface area (Å²) in [5, 5.41) is 8.78. The van der Waals surface area contributed by atoms with E-state index in [0.29, 0.717) is 12.3 Å². The van der Waals surface area contributed by atoms with E-state index in [0.717, 1.165) is 0 Å². The molecule has 2 heteroatoms. The van der Waals surface area contributed by atoms with Gasteiger partial charge >= 0.3 is 5.97 Å². The van der Waals surface area contributed by atoms with Crippen molar-refractivity contribution in [1.29, 1.82) is 0 Å². The van der Waals surface area contributed by atoms with Gasteiger partial charge in [0.25, 0.3) is 0 Å². The normalized spacial score (nSPS) is 14.7. The predicted molar refractivity (Wildman–Crippen MR) is 56.3 cm³/mol. The van der Waals surface area contributed by atoms with E-state index in [9.17, 15) is 4.79 Å². The van der Waals surface area contributed by atoms with Crippen LogP contribution < -0.4 is 0 Å². The van der Waals surface area contributed by atoms with Gasteiger partial charge in [-0.3, -0.25) is 4.79 Å². The minimum atomic E-state index is -0.715. The van der Waals surface area contributed by atoms with E-state index in [1.54, 1.807) is 6.92 Å². The molecule has 0 heterocycles. The molecule has 2 unspecified atom stereocenters. The van der Waals surface area contributed by atoms with Crippen molar-refractivity contribution >= 4 is 5.97 Å². The Hall–Kier alpha value is -1.31. The van der Waals surface area contributed by atoms with E-state index in [1.807, 2.05) is 30.3 Å². The standard InChI is InChI=1S/C12H16O2/c1-9(8-10(2)12(13)14)11-6-4-3-5-7-11/h3-7,9-10H,8H2,1-2H3,(H,13,14). The Kier molecular flexibility index (Phi) is 3.69. The highest BCUT2D eigenvalue weighted by Crippen LogP contribution is 2.22. The van der Waals surface area contributed by atoms with Crippen molar-refractivity contribution in [1.82, 2.24) is 0 Å². The molecule has 0 saturated heterocycles. The summed E-state index contributed by atoms with van der Waals surface area (Å²) < 4.78 is 0. The van der Waals surface area contributed by atoms with Crippen LogP contribution in [0, 0.1) is 5.92 Å². The fourth-order valence-corrected chi connectivity index (χ4v) is 1.55. The fourth-order valence-electron chi connectivity index (χ4n) is 1.55. The van der Waals surface area contributed by atoms with Gasteiger partial charge in [-0.2, -0.15) is 0 Å². The van der Waals surface area contributed by atoms with Gasteiger partial charge in [0.2, 0.25) is 0 Å². The Morgan fingerprint density at radius 1 is 1.29 bits per heavy atom. The molecule has 14 heavy (non-hydrogen) atoms. The minimum Gasteiger partial charge on any atom is -0.481 e. The van der Waals surface area contributed by atoms with E-state index < -0.39 is 5.97 Å². The highest BCUT2D eigenvalue weighted by atomic mass is 16.4. The van der Waals surface area contributed by atoms with Gasteiger partial charge in [0.15, 0.2) is 0 Å². The van der Waals surface area contributed by atoms with Crippen LogP contribution in [0.5, 0.6) is 0 Å². The lowest BCUT2D eigenvalue weighted by molar-refractivity contribution is -0.141. The third-order valence-corrected chi connectivity index (χ3v) is 2.50. The van der Waals surface area contributed by atoms with Crippen LogP contribution in [-0.4, -0.2) is 11.1 Å². The number of rotatable bonds is 4. The average Bonchev–Trinajstić information content (AvgIpc) is 2.19. The number of hydrogen-bond donors (Lipinski definition) is 1. The van der Waals surface area contributed by atoms with Crippen LogP contribution in [0.2, 0.25) is 0 Å². The zero-order valence-corrected chi connectivity index (χ0v) is 8.60. The monoisotopic (exact) mass is 192 g/mol. The maximum absolute atomic E-state index is 10.7. The fraction of sp³-hybridized carbons (Fsp3) is 0.417. The highest BCUT2D eigenvalue weighted by Gasteiger charge is 2.15. The molecule has 0 radical (unpaired) electrons. The first-order chi connectivity index (χ1) is 6.61. The smallest absolute Gasteiger partial charge is 0.306 e. The second-order valence-corrected chi connectivity index (χ2v) is 3.79. The van der Waals surface area contributed by atoms with Crippen molar-refractivity contribution < 1.29 is 9.90 Å². The molecule has 2 nitrogen and oxygen atoms in total. The molecule has 0 fully saturated rings. The maximum Gasteiger partial charge on any atom is 0.306 e. The van der Waals surface area contributed by atoms with Gasteiger partial charge in [0.1, 0.15) is 0 Å². The molecular formula is C12H16O2. The van der Waals surface area contributed by atoms with Crippen molar-refractivity contribution in [2.24, 2.45) is 5.92 Å². The van der Waals surface area contributed by atoms with E-state index in [4.69, 9.17) is 5.11 Å². The number of carboxylic acids is 1. The summed E-state index contributed by atoms with van der Waals surface area (Å²) >= 11 is 0. The summed E-state index contributed by atoms with van der Waals surface area (Å²) in [6.07, 6.45) is 0.694. The Morgan fingerprint density at radius 2 is 1.86 bits per heavy atom. The highest BCUT2D eigenvalue weighted by molar-refractivity contribution is 5.69. The molecule has 1 N–H and O–H groups in total. The lowest BCUT2D eigenvalue weighted by Gasteiger charge is -2.14. The third-order valence-electron chi connectivity index (χ3n) is 2.50. The summed E-state index contributed by atoms with van der Waals surface area (Å²) in [7, 11) is 0. The quantitative estimate of drug-likeness (QED) is 0.796. The predicted octanol–water partition coefficient (Wildman–Crippen LogP) is 2.90. The van der Waals surface area contributed by atoms with Gasteiger partial charge < -0.3 is 5.11 Å². The van der Waals surface area contributed by atoms with Gasteiger partial charge in [-0.25, -0.2) is 0 Å². The van der Waals surface area contributed by atoms with Gasteiger partial charge in [-0.05, 0) is 17.9 Å². The number of carboxylic acid groups (broad SMARTS) is 1. The van der Waals surface area contributed by atoms with Crippen LogP contribution in [0.4, 0.5) is 0 Å². The Balaban J connectivity index is 2.59. The van der Waals surface area contributed by atoms with Crippen LogP contribution in [0.1, 0.15) is 31.7 Å². The molecule has 0 saturated carbocycles. The molecular weight excluding hydrogens is 176 g/mol. The number of carbonyl (C=O) groups is 1.